The van der Waals surface area contributed by atoms with Crippen molar-refractivity contribution in [2.24, 2.45) is 5.92 Å². The van der Waals surface area contributed by atoms with Gasteiger partial charge in [-0.15, -0.1) is 0 Å². The van der Waals surface area contributed by atoms with Gasteiger partial charge in [0.25, 0.3) is 0 Å². The Morgan fingerprint density at radius 2 is 1.53 bits per heavy atom. The lowest BCUT2D eigenvalue weighted by atomic mass is 9.90. The van der Waals surface area contributed by atoms with Gasteiger partial charge in [-0.3, -0.25) is 0 Å². The van der Waals surface area contributed by atoms with Crippen LogP contribution in [0.15, 0.2) is 0 Å². The van der Waals surface area contributed by atoms with E-state index < -0.39 is 0 Å². The molecule has 2 aliphatic heterocycles. The van der Waals surface area contributed by atoms with E-state index in [2.05, 4.69) is 24.2 Å². The van der Waals surface area contributed by atoms with Crippen LogP contribution in [0.3, 0.4) is 0 Å². The quantitative estimate of drug-likeness (QED) is 0.698. The molecule has 0 saturated carbocycles. The van der Waals surface area contributed by atoms with Gasteiger partial charge in [0.2, 0.25) is 0 Å². The Bertz CT molecular complexity index is 132. The molecule has 2 saturated heterocycles. The summed E-state index contributed by atoms with van der Waals surface area (Å²) in [6, 6.07) is 1.61. The van der Waals surface area contributed by atoms with Crippen molar-refractivity contribution < 1.29 is 0 Å². The van der Waals surface area contributed by atoms with E-state index in [0.29, 0.717) is 0 Å². The summed E-state index contributed by atoms with van der Waals surface area (Å²) in [7, 11) is 2.25. The molecule has 0 aromatic rings. The van der Waals surface area contributed by atoms with Crippen LogP contribution in [-0.2, 0) is 0 Å². The van der Waals surface area contributed by atoms with Gasteiger partial charge in [0.15, 0.2) is 0 Å². The average Bonchev–Trinajstić information content (AvgIpc) is 2.84. The summed E-state index contributed by atoms with van der Waals surface area (Å²) in [5.74, 6) is 0.941. The molecule has 2 heterocycles. The fourth-order valence-electron chi connectivity index (χ4n) is 2.41. The summed E-state index contributed by atoms with van der Waals surface area (Å²) in [5.41, 5.74) is 0. The second-order valence-corrected chi connectivity index (χ2v) is 4.13. The third-order valence-corrected chi connectivity index (χ3v) is 3.36. The number of fused-ring (bicyclic) bond motifs is 1. The highest BCUT2D eigenvalue weighted by Crippen LogP contribution is 2.26. The summed E-state index contributed by atoms with van der Waals surface area (Å²) in [6.07, 6.45) is 2.74. The van der Waals surface area contributed by atoms with Crippen LogP contribution in [0, 0.1) is 5.92 Å². The topological polar surface area (TPSA) is 15.3 Å². The van der Waals surface area contributed by atoms with Gasteiger partial charge < -0.3 is 10.2 Å². The lowest BCUT2D eigenvalue weighted by Gasteiger charge is -2.37. The molecular weight excluding hydrogens is 208 g/mol. The predicted octanol–water partition coefficient (Wildman–Crippen LogP) is 3.77. The zero-order chi connectivity index (χ0) is 13.8. The van der Waals surface area contributed by atoms with Crippen LogP contribution in [-0.4, -0.2) is 37.1 Å². The molecule has 2 aliphatic rings. The van der Waals surface area contributed by atoms with Crippen molar-refractivity contribution >= 4 is 0 Å². The maximum atomic E-state index is 3.58. The molecule has 0 aromatic heterocycles. The SMILES string of the molecule is CC.CC.CC.CC1CC2NCCC2CN1C. The number of hydrogen-bond donors (Lipinski definition) is 1. The van der Waals surface area contributed by atoms with E-state index in [1.807, 2.05) is 41.5 Å². The van der Waals surface area contributed by atoms with Crippen molar-refractivity contribution in [1.29, 1.82) is 0 Å². The lowest BCUT2D eigenvalue weighted by molar-refractivity contribution is 0.136. The van der Waals surface area contributed by atoms with Gasteiger partial charge in [0, 0.05) is 18.6 Å². The average molecular weight is 244 g/mol. The maximum absolute atomic E-state index is 3.58. The molecule has 3 atom stereocenters. The Hall–Kier alpha value is -0.0800. The summed E-state index contributed by atoms with van der Waals surface area (Å²) in [4.78, 5) is 2.49. The molecule has 2 fully saturated rings. The third kappa shape index (κ3) is 6.42. The van der Waals surface area contributed by atoms with Crippen molar-refractivity contribution in [3.05, 3.63) is 0 Å². The summed E-state index contributed by atoms with van der Waals surface area (Å²) in [6.45, 7) is 16.9. The van der Waals surface area contributed by atoms with E-state index >= 15 is 0 Å². The fourth-order valence-corrected chi connectivity index (χ4v) is 2.41. The Morgan fingerprint density at radius 3 is 2.06 bits per heavy atom. The van der Waals surface area contributed by atoms with Gasteiger partial charge in [0.05, 0.1) is 0 Å². The number of piperidine rings is 1. The van der Waals surface area contributed by atoms with E-state index in [1.165, 1.54) is 25.9 Å². The van der Waals surface area contributed by atoms with Gasteiger partial charge >= 0.3 is 0 Å². The normalized spacial score (nSPS) is 30.7. The third-order valence-electron chi connectivity index (χ3n) is 3.36. The molecule has 17 heavy (non-hydrogen) atoms. The largest absolute Gasteiger partial charge is 0.314 e. The maximum Gasteiger partial charge on any atom is 0.0123 e. The van der Waals surface area contributed by atoms with Crippen molar-refractivity contribution in [1.82, 2.24) is 10.2 Å². The van der Waals surface area contributed by atoms with E-state index in [9.17, 15) is 0 Å². The second kappa shape index (κ2) is 12.4. The standard InChI is InChI=1S/C9H18N2.3C2H6/c1-7-5-9-8(3-4-10-9)6-11(7)2;3*1-2/h7-10H,3-6H2,1-2H3;3*1-2H3. The van der Waals surface area contributed by atoms with E-state index in [1.54, 1.807) is 0 Å². The molecule has 2 heteroatoms. The van der Waals surface area contributed by atoms with Gasteiger partial charge in [-0.25, -0.2) is 0 Å². The first-order valence-corrected chi connectivity index (χ1v) is 7.71. The minimum absolute atomic E-state index is 0.779. The van der Waals surface area contributed by atoms with Crippen LogP contribution in [0.4, 0.5) is 0 Å². The number of rotatable bonds is 0. The highest BCUT2D eigenvalue weighted by Gasteiger charge is 2.34. The van der Waals surface area contributed by atoms with Crippen molar-refractivity contribution in [2.75, 3.05) is 20.1 Å². The molecule has 106 valence electrons. The molecule has 0 spiro atoms. The van der Waals surface area contributed by atoms with Crippen LogP contribution in [0.5, 0.6) is 0 Å². The van der Waals surface area contributed by atoms with E-state index in [-0.39, 0.29) is 0 Å². The fraction of sp³-hybridized carbons (Fsp3) is 1.00. The summed E-state index contributed by atoms with van der Waals surface area (Å²) < 4.78 is 0. The van der Waals surface area contributed by atoms with Crippen LogP contribution < -0.4 is 5.32 Å². The molecule has 1 N–H and O–H groups in total. The molecule has 0 aromatic carbocycles. The Balaban J connectivity index is 0. The molecule has 2 rings (SSSR count). The van der Waals surface area contributed by atoms with Crippen LogP contribution in [0.2, 0.25) is 0 Å². The minimum Gasteiger partial charge on any atom is -0.314 e. The van der Waals surface area contributed by atoms with Gasteiger partial charge in [-0.05, 0) is 39.3 Å². The minimum atomic E-state index is 0.779. The molecule has 3 unspecified atom stereocenters. The Labute approximate surface area is 110 Å². The molecule has 0 radical (unpaired) electrons. The molecule has 0 amide bonds. The highest BCUT2D eigenvalue weighted by molar-refractivity contribution is 4.92. The Morgan fingerprint density at radius 1 is 1.00 bits per heavy atom. The zero-order valence-corrected chi connectivity index (χ0v) is 13.5. The van der Waals surface area contributed by atoms with E-state index in [4.69, 9.17) is 0 Å². The summed E-state index contributed by atoms with van der Waals surface area (Å²) in [5, 5.41) is 3.58. The first-order chi connectivity index (χ1) is 8.27. The van der Waals surface area contributed by atoms with Gasteiger partial charge in [-0.1, -0.05) is 41.5 Å². The number of nitrogens with zero attached hydrogens (tertiary/aromatic N) is 1. The number of hydrogen-bond acceptors (Lipinski definition) is 2. The van der Waals surface area contributed by atoms with Crippen LogP contribution in [0.1, 0.15) is 61.3 Å². The van der Waals surface area contributed by atoms with Crippen molar-refractivity contribution in [3.8, 4) is 0 Å². The van der Waals surface area contributed by atoms with E-state index in [0.717, 1.165) is 18.0 Å². The van der Waals surface area contributed by atoms with Crippen LogP contribution in [0.25, 0.3) is 0 Å². The predicted molar refractivity (Wildman–Crippen MR) is 80.7 cm³/mol. The number of nitrogens with one attached hydrogen (secondary N) is 1. The molecule has 0 bridgehead atoms. The van der Waals surface area contributed by atoms with Crippen molar-refractivity contribution in [3.63, 3.8) is 0 Å². The smallest absolute Gasteiger partial charge is 0.0123 e. The highest BCUT2D eigenvalue weighted by atomic mass is 15.2. The van der Waals surface area contributed by atoms with Crippen molar-refractivity contribution in [2.45, 2.75) is 73.4 Å². The lowest BCUT2D eigenvalue weighted by Crippen LogP contribution is -2.47. The van der Waals surface area contributed by atoms with Gasteiger partial charge in [-0.2, -0.15) is 0 Å². The summed E-state index contributed by atoms with van der Waals surface area (Å²) >= 11 is 0. The zero-order valence-electron chi connectivity index (χ0n) is 13.5. The molecule has 0 aliphatic carbocycles. The van der Waals surface area contributed by atoms with Crippen LogP contribution >= 0.6 is 0 Å². The number of likely N-dealkylation sites (tertiary alicyclic amines) is 1. The first kappa shape index (κ1) is 19.3. The molecule has 2 nitrogen and oxygen atoms in total. The monoisotopic (exact) mass is 244 g/mol. The first-order valence-electron chi connectivity index (χ1n) is 7.71. The Kier molecular flexibility index (Phi) is 14.0. The second-order valence-electron chi connectivity index (χ2n) is 4.13. The van der Waals surface area contributed by atoms with Gasteiger partial charge in [0.1, 0.15) is 0 Å². The molecular formula is C15H36N2.